The second-order valence-electron chi connectivity index (χ2n) is 8.35. The van der Waals surface area contributed by atoms with Crippen LogP contribution in [0.4, 0.5) is 5.69 Å². The summed E-state index contributed by atoms with van der Waals surface area (Å²) in [7, 11) is 0. The number of hydrogen-bond donors (Lipinski definition) is 1. The van der Waals surface area contributed by atoms with Crippen LogP contribution in [0.5, 0.6) is 5.75 Å². The van der Waals surface area contributed by atoms with Crippen molar-refractivity contribution in [1.29, 1.82) is 0 Å². The lowest BCUT2D eigenvalue weighted by molar-refractivity contribution is -0.121. The summed E-state index contributed by atoms with van der Waals surface area (Å²) in [6, 6.07) is 16.2. The van der Waals surface area contributed by atoms with Gasteiger partial charge in [0.05, 0.1) is 29.6 Å². The van der Waals surface area contributed by atoms with Crippen LogP contribution in [-0.4, -0.2) is 28.2 Å². The van der Waals surface area contributed by atoms with Gasteiger partial charge in [0.2, 0.25) is 11.8 Å². The lowest BCUT2D eigenvalue weighted by Crippen LogP contribution is -2.30. The Morgan fingerprint density at radius 1 is 0.939 bits per heavy atom. The van der Waals surface area contributed by atoms with Crippen LogP contribution in [0.2, 0.25) is 0 Å². The Morgan fingerprint density at radius 2 is 1.67 bits per heavy atom. The molecule has 7 heteroatoms. The number of benzene rings is 2. The minimum absolute atomic E-state index is 0.0180. The number of nitrogens with zero attached hydrogens (tertiary/aromatic N) is 2. The van der Waals surface area contributed by atoms with E-state index in [1.165, 1.54) is 22.4 Å². The molecule has 1 aromatic heterocycles. The Labute approximate surface area is 193 Å². The number of aromatic nitrogens is 2. The van der Waals surface area contributed by atoms with E-state index in [1.807, 2.05) is 30.3 Å². The smallest absolute Gasteiger partial charge is 0.274 e. The molecule has 3 aromatic rings. The number of nitrogens with one attached hydrogen (secondary N) is 1. The van der Waals surface area contributed by atoms with E-state index in [0.29, 0.717) is 35.0 Å². The number of imide groups is 1. The van der Waals surface area contributed by atoms with Gasteiger partial charge < -0.3 is 4.74 Å². The van der Waals surface area contributed by atoms with E-state index in [0.717, 1.165) is 12.8 Å². The van der Waals surface area contributed by atoms with Crippen LogP contribution in [0.3, 0.4) is 0 Å². The number of H-pyrrole nitrogens is 1. The first kappa shape index (κ1) is 22.6. The van der Waals surface area contributed by atoms with Gasteiger partial charge in [0.25, 0.3) is 5.56 Å². The monoisotopic (exact) mass is 447 g/mol. The van der Waals surface area contributed by atoms with Crippen molar-refractivity contribution in [2.24, 2.45) is 0 Å². The minimum Gasteiger partial charge on any atom is -0.494 e. The molecule has 0 bridgehead atoms. The van der Waals surface area contributed by atoms with E-state index in [1.54, 1.807) is 31.2 Å². The normalized spacial score (nSPS) is 15.9. The zero-order valence-electron chi connectivity index (χ0n) is 19.0. The summed E-state index contributed by atoms with van der Waals surface area (Å²) in [4.78, 5) is 40.0. The number of aromatic amines is 1. The Hall–Kier alpha value is -3.61. The van der Waals surface area contributed by atoms with Gasteiger partial charge in [-0.3, -0.25) is 19.5 Å². The van der Waals surface area contributed by atoms with Crippen LogP contribution in [0.25, 0.3) is 5.69 Å². The van der Waals surface area contributed by atoms with Crippen LogP contribution >= 0.6 is 0 Å². The topological polar surface area (TPSA) is 84.4 Å². The van der Waals surface area contributed by atoms with Crippen molar-refractivity contribution in [1.82, 2.24) is 9.78 Å². The first-order valence-electron chi connectivity index (χ1n) is 11.5. The summed E-state index contributed by atoms with van der Waals surface area (Å²) in [6.45, 7) is 4.50. The fourth-order valence-corrected chi connectivity index (χ4v) is 4.18. The maximum Gasteiger partial charge on any atom is 0.274 e. The summed E-state index contributed by atoms with van der Waals surface area (Å²) < 4.78 is 7.17. The Bertz CT molecular complexity index is 1180. The largest absolute Gasteiger partial charge is 0.494 e. The lowest BCUT2D eigenvalue weighted by Gasteiger charge is -2.16. The Morgan fingerprint density at radius 3 is 2.36 bits per heavy atom. The molecule has 0 radical (unpaired) electrons. The molecule has 1 fully saturated rings. The van der Waals surface area contributed by atoms with Crippen LogP contribution in [0.1, 0.15) is 56.2 Å². The fourth-order valence-electron chi connectivity index (χ4n) is 4.18. The van der Waals surface area contributed by atoms with Gasteiger partial charge in [-0.15, -0.1) is 0 Å². The van der Waals surface area contributed by atoms with Crippen molar-refractivity contribution in [3.8, 4) is 11.4 Å². The number of anilines is 1. The fraction of sp³-hybridized carbons (Fsp3) is 0.346. The quantitative estimate of drug-likeness (QED) is 0.387. The van der Waals surface area contributed by atoms with Gasteiger partial charge in [0.15, 0.2) is 0 Å². The third kappa shape index (κ3) is 4.62. The Kier molecular flexibility index (Phi) is 6.77. The first-order valence-corrected chi connectivity index (χ1v) is 11.5. The molecule has 2 aromatic carbocycles. The standard InChI is InChI=1S/C26H29N3O4/c1-3-4-5-9-16-33-21-14-12-19(13-15-21)28-23(30)17-22(26(28)32)24-18(2)25(31)29(27-24)20-10-7-6-8-11-20/h6-8,10-15,22,27H,3-5,9,16-17H2,1-2H3/t22-/m0/s1. The third-order valence-corrected chi connectivity index (χ3v) is 6.03. The molecular weight excluding hydrogens is 418 g/mol. The predicted molar refractivity (Wildman–Crippen MR) is 127 cm³/mol. The number of carbonyl (C=O) groups excluding carboxylic acids is 2. The average molecular weight is 448 g/mol. The predicted octanol–water partition coefficient (Wildman–Crippen LogP) is 4.48. The lowest BCUT2D eigenvalue weighted by atomic mass is 10.0. The van der Waals surface area contributed by atoms with Gasteiger partial charge in [0, 0.05) is 12.0 Å². The van der Waals surface area contributed by atoms with E-state index in [2.05, 4.69) is 12.0 Å². The summed E-state index contributed by atoms with van der Waals surface area (Å²) in [5.74, 6) is -0.626. The number of hydrogen-bond acceptors (Lipinski definition) is 4. The molecule has 0 aliphatic carbocycles. The first-order chi connectivity index (χ1) is 16.0. The van der Waals surface area contributed by atoms with Crippen LogP contribution in [-0.2, 0) is 9.59 Å². The molecule has 7 nitrogen and oxygen atoms in total. The van der Waals surface area contributed by atoms with Crippen molar-refractivity contribution in [3.05, 3.63) is 76.2 Å². The van der Waals surface area contributed by atoms with Crippen molar-refractivity contribution in [2.75, 3.05) is 11.5 Å². The summed E-state index contributed by atoms with van der Waals surface area (Å²) >= 11 is 0. The van der Waals surface area contributed by atoms with Gasteiger partial charge in [-0.05, 0) is 49.7 Å². The maximum atomic E-state index is 13.2. The molecule has 33 heavy (non-hydrogen) atoms. The molecule has 4 rings (SSSR count). The molecule has 2 amide bonds. The third-order valence-electron chi connectivity index (χ3n) is 6.03. The van der Waals surface area contributed by atoms with E-state index in [-0.39, 0.29) is 23.8 Å². The van der Waals surface area contributed by atoms with Crippen molar-refractivity contribution in [2.45, 2.75) is 51.9 Å². The molecule has 1 aliphatic rings. The number of amides is 2. The van der Waals surface area contributed by atoms with E-state index < -0.39 is 5.92 Å². The van der Waals surface area contributed by atoms with Gasteiger partial charge in [-0.1, -0.05) is 44.4 Å². The highest BCUT2D eigenvalue weighted by atomic mass is 16.5. The van der Waals surface area contributed by atoms with Crippen molar-refractivity contribution in [3.63, 3.8) is 0 Å². The highest BCUT2D eigenvalue weighted by molar-refractivity contribution is 6.22. The molecular formula is C26H29N3O4. The van der Waals surface area contributed by atoms with Crippen LogP contribution in [0.15, 0.2) is 59.4 Å². The molecule has 0 spiro atoms. The van der Waals surface area contributed by atoms with Crippen molar-refractivity contribution < 1.29 is 14.3 Å². The maximum absolute atomic E-state index is 13.2. The van der Waals surface area contributed by atoms with E-state index in [9.17, 15) is 14.4 Å². The number of unbranched alkanes of at least 4 members (excludes halogenated alkanes) is 3. The van der Waals surface area contributed by atoms with Gasteiger partial charge in [-0.25, -0.2) is 9.58 Å². The van der Waals surface area contributed by atoms with Crippen LogP contribution < -0.4 is 15.2 Å². The number of carbonyl (C=O) groups is 2. The molecule has 1 aliphatic heterocycles. The Balaban J connectivity index is 1.50. The summed E-state index contributed by atoms with van der Waals surface area (Å²) in [5.41, 5.74) is 1.88. The summed E-state index contributed by atoms with van der Waals surface area (Å²) in [6.07, 6.45) is 4.53. The van der Waals surface area contributed by atoms with Gasteiger partial charge in [-0.2, -0.15) is 0 Å². The van der Waals surface area contributed by atoms with E-state index >= 15 is 0 Å². The second-order valence-corrected chi connectivity index (χ2v) is 8.35. The molecule has 0 saturated carbocycles. The highest BCUT2D eigenvalue weighted by Crippen LogP contribution is 2.34. The van der Waals surface area contributed by atoms with Crippen molar-refractivity contribution >= 4 is 17.5 Å². The molecule has 0 unspecified atom stereocenters. The number of rotatable bonds is 9. The summed E-state index contributed by atoms with van der Waals surface area (Å²) in [5, 5.41) is 3.06. The molecule has 1 saturated heterocycles. The number of para-hydroxylation sites is 1. The molecule has 172 valence electrons. The van der Waals surface area contributed by atoms with Crippen LogP contribution in [0, 0.1) is 6.92 Å². The second kappa shape index (κ2) is 9.90. The number of ether oxygens (including phenoxy) is 1. The molecule has 1 N–H and O–H groups in total. The van der Waals surface area contributed by atoms with Gasteiger partial charge in [0.1, 0.15) is 5.75 Å². The van der Waals surface area contributed by atoms with Gasteiger partial charge >= 0.3 is 0 Å². The zero-order valence-corrected chi connectivity index (χ0v) is 19.0. The highest BCUT2D eigenvalue weighted by Gasteiger charge is 2.42. The average Bonchev–Trinajstić information content (AvgIpc) is 3.29. The SMILES string of the molecule is CCCCCCOc1ccc(N2C(=O)C[C@@H](c3[nH]n(-c4ccccc4)c(=O)c3C)C2=O)cc1. The zero-order chi connectivity index (χ0) is 23.4. The minimum atomic E-state index is -0.718. The molecule has 2 heterocycles. The molecule has 1 atom stereocenters. The van der Waals surface area contributed by atoms with E-state index in [4.69, 9.17) is 4.74 Å².